The van der Waals surface area contributed by atoms with Gasteiger partial charge in [0, 0.05) is 50.1 Å². The van der Waals surface area contributed by atoms with Crippen molar-refractivity contribution in [2.45, 2.75) is 6.92 Å². The Morgan fingerprint density at radius 2 is 1.17 bits per heavy atom. The second-order valence-electron chi connectivity index (χ2n) is 13.2. The summed E-state index contributed by atoms with van der Waals surface area (Å²) in [6.07, 6.45) is 10.2. The molecule has 4 aromatic heterocycles. The van der Waals surface area contributed by atoms with Gasteiger partial charge in [0.05, 0.1) is 45.2 Å². The van der Waals surface area contributed by atoms with Crippen LogP contribution in [0.1, 0.15) is 18.2 Å². The molecule has 4 nitrogen and oxygen atoms in total. The topological polar surface area (TPSA) is 27.7 Å². The number of benzene rings is 6. The first-order valence-electron chi connectivity index (χ1n) is 17.7. The van der Waals surface area contributed by atoms with E-state index in [0.717, 1.165) is 44.9 Å². The Kier molecular flexibility index (Phi) is 6.83. The van der Waals surface area contributed by atoms with Crippen molar-refractivity contribution in [3.05, 3.63) is 182 Å². The second kappa shape index (κ2) is 11.9. The number of aromatic nitrogens is 4. The van der Waals surface area contributed by atoms with Crippen molar-refractivity contribution < 1.29 is 0 Å². The average Bonchev–Trinajstić information content (AvgIpc) is 3.84. The maximum Gasteiger partial charge on any atom is 0.0795 e. The summed E-state index contributed by atoms with van der Waals surface area (Å²) in [5, 5.41) is 6.02. The standard InChI is InChI=1S/C48H34N4/c1-3-16-36-41-30-39(32-26-27-45-40(29-32)37-22-11-13-24-43(37)50(45)33-17-7-5-8-18-33)46-38-23-12-14-25-44(38)52(35-21-15-28-49-31-35)48(46)47(41)51(42(36)4-2)34-19-9-6-10-20-34/h3-31H,2H2,1H3/b16-3-. The largest absolute Gasteiger partial charge is 0.309 e. The summed E-state index contributed by atoms with van der Waals surface area (Å²) in [6.45, 7) is 6.44. The van der Waals surface area contributed by atoms with Gasteiger partial charge in [-0.05, 0) is 90.9 Å². The Labute approximate surface area is 301 Å². The molecular weight excluding hydrogens is 633 g/mol. The number of rotatable bonds is 6. The number of allylic oxidation sites excluding steroid dienone is 1. The molecule has 0 spiro atoms. The third-order valence-electron chi connectivity index (χ3n) is 10.4. The fraction of sp³-hybridized carbons (Fsp3) is 0.0208. The Hall–Kier alpha value is -6.91. The van der Waals surface area contributed by atoms with E-state index in [1.807, 2.05) is 24.5 Å². The molecule has 246 valence electrons. The minimum atomic E-state index is 1.02. The van der Waals surface area contributed by atoms with Crippen LogP contribution in [0.5, 0.6) is 0 Å². The third-order valence-corrected chi connectivity index (χ3v) is 10.4. The molecule has 0 aliphatic heterocycles. The number of fused-ring (bicyclic) bond motifs is 8. The van der Waals surface area contributed by atoms with Crippen LogP contribution in [0.2, 0.25) is 0 Å². The van der Waals surface area contributed by atoms with Crippen LogP contribution < -0.4 is 0 Å². The molecular formula is C48H34N4. The maximum absolute atomic E-state index is 4.60. The van der Waals surface area contributed by atoms with Crippen LogP contribution in [0.3, 0.4) is 0 Å². The van der Waals surface area contributed by atoms with Gasteiger partial charge in [-0.15, -0.1) is 0 Å². The Morgan fingerprint density at radius 1 is 0.538 bits per heavy atom. The third kappa shape index (κ3) is 4.31. The molecule has 0 atom stereocenters. The average molecular weight is 667 g/mol. The highest BCUT2D eigenvalue weighted by Gasteiger charge is 2.26. The van der Waals surface area contributed by atoms with Gasteiger partial charge in [-0.2, -0.15) is 0 Å². The highest BCUT2D eigenvalue weighted by Crippen LogP contribution is 2.47. The second-order valence-corrected chi connectivity index (χ2v) is 13.2. The number of para-hydroxylation sites is 4. The lowest BCUT2D eigenvalue weighted by Crippen LogP contribution is -2.00. The SMILES string of the molecule is C=Cc1c(/C=C\C)c2cc(-c3ccc4c(c3)c3ccccc3n4-c3ccccc3)c3c4ccccc4n(-c4cccnc4)c3c2n1-c1ccccc1. The Bertz CT molecular complexity index is 3010. The lowest BCUT2D eigenvalue weighted by atomic mass is 9.95. The summed E-state index contributed by atoms with van der Waals surface area (Å²) >= 11 is 0. The smallest absolute Gasteiger partial charge is 0.0795 e. The molecule has 0 bridgehead atoms. The molecule has 0 saturated heterocycles. The first kappa shape index (κ1) is 30.0. The monoisotopic (exact) mass is 666 g/mol. The van der Waals surface area contributed by atoms with Crippen molar-refractivity contribution in [1.29, 1.82) is 0 Å². The van der Waals surface area contributed by atoms with Crippen LogP contribution in [0.25, 0.3) is 94.9 Å². The van der Waals surface area contributed by atoms with Crippen LogP contribution in [0, 0.1) is 0 Å². The minimum Gasteiger partial charge on any atom is -0.309 e. The van der Waals surface area contributed by atoms with Crippen LogP contribution in [0.4, 0.5) is 0 Å². The molecule has 4 heteroatoms. The summed E-state index contributed by atoms with van der Waals surface area (Å²) in [7, 11) is 0. The van der Waals surface area contributed by atoms with Crippen LogP contribution in [0.15, 0.2) is 171 Å². The Balaban J connectivity index is 1.41. The number of hydrogen-bond donors (Lipinski definition) is 0. The van der Waals surface area contributed by atoms with Gasteiger partial charge in [-0.25, -0.2) is 0 Å². The van der Waals surface area contributed by atoms with Crippen LogP contribution in [-0.4, -0.2) is 18.7 Å². The summed E-state index contributed by atoms with van der Waals surface area (Å²) in [5.41, 5.74) is 13.6. The molecule has 4 heterocycles. The van der Waals surface area contributed by atoms with E-state index in [4.69, 9.17) is 0 Å². The predicted octanol–water partition coefficient (Wildman–Crippen LogP) is 12.6. The molecule has 0 N–H and O–H groups in total. The number of nitrogens with zero attached hydrogens (tertiary/aromatic N) is 4. The zero-order valence-corrected chi connectivity index (χ0v) is 28.7. The Morgan fingerprint density at radius 3 is 1.87 bits per heavy atom. The van der Waals surface area contributed by atoms with Crippen LogP contribution >= 0.6 is 0 Å². The van der Waals surface area contributed by atoms with Gasteiger partial charge in [-0.1, -0.05) is 97.6 Å². The van der Waals surface area contributed by atoms with Gasteiger partial charge >= 0.3 is 0 Å². The van der Waals surface area contributed by atoms with E-state index in [1.165, 1.54) is 49.1 Å². The number of hydrogen-bond acceptors (Lipinski definition) is 1. The summed E-state index contributed by atoms with van der Waals surface area (Å²) < 4.78 is 7.16. The maximum atomic E-state index is 4.60. The molecule has 0 fully saturated rings. The van der Waals surface area contributed by atoms with Gasteiger partial charge in [0.15, 0.2) is 0 Å². The lowest BCUT2D eigenvalue weighted by Gasteiger charge is -2.14. The predicted molar refractivity (Wildman–Crippen MR) is 220 cm³/mol. The van der Waals surface area contributed by atoms with E-state index in [1.54, 1.807) is 0 Å². The molecule has 0 aliphatic carbocycles. The van der Waals surface area contributed by atoms with E-state index in [-0.39, 0.29) is 0 Å². The quantitative estimate of drug-likeness (QED) is 0.174. The van der Waals surface area contributed by atoms with Gasteiger partial charge in [0.25, 0.3) is 0 Å². The van der Waals surface area contributed by atoms with Crippen molar-refractivity contribution in [1.82, 2.24) is 18.7 Å². The zero-order chi connectivity index (χ0) is 34.8. The van der Waals surface area contributed by atoms with Crippen molar-refractivity contribution in [3.8, 4) is 28.2 Å². The molecule has 0 unspecified atom stereocenters. The fourth-order valence-electron chi connectivity index (χ4n) is 8.33. The number of pyridine rings is 1. The molecule has 0 aliphatic rings. The highest BCUT2D eigenvalue weighted by molar-refractivity contribution is 6.25. The van der Waals surface area contributed by atoms with Gasteiger partial charge in [-0.3, -0.25) is 4.98 Å². The summed E-state index contributed by atoms with van der Waals surface area (Å²) in [6, 6.07) is 52.4. The van der Waals surface area contributed by atoms with Crippen molar-refractivity contribution in [3.63, 3.8) is 0 Å². The molecule has 0 radical (unpaired) electrons. The van der Waals surface area contributed by atoms with E-state index < -0.39 is 0 Å². The fourth-order valence-corrected chi connectivity index (χ4v) is 8.33. The lowest BCUT2D eigenvalue weighted by molar-refractivity contribution is 1.09. The van der Waals surface area contributed by atoms with Crippen molar-refractivity contribution in [2.75, 3.05) is 0 Å². The molecule has 52 heavy (non-hydrogen) atoms. The van der Waals surface area contributed by atoms with Gasteiger partial charge < -0.3 is 13.7 Å². The van der Waals surface area contributed by atoms with Gasteiger partial charge in [0.1, 0.15) is 0 Å². The molecule has 0 amide bonds. The zero-order valence-electron chi connectivity index (χ0n) is 28.7. The van der Waals surface area contributed by atoms with Crippen molar-refractivity contribution in [2.24, 2.45) is 0 Å². The van der Waals surface area contributed by atoms with Crippen molar-refractivity contribution >= 4 is 66.7 Å². The molecule has 6 aromatic carbocycles. The van der Waals surface area contributed by atoms with Crippen LogP contribution in [-0.2, 0) is 0 Å². The molecule has 0 saturated carbocycles. The summed E-state index contributed by atoms with van der Waals surface area (Å²) in [5.74, 6) is 0. The molecule has 10 rings (SSSR count). The minimum absolute atomic E-state index is 1.02. The van der Waals surface area contributed by atoms with Gasteiger partial charge in [0.2, 0.25) is 0 Å². The van der Waals surface area contributed by atoms with E-state index in [0.29, 0.717) is 0 Å². The summed E-state index contributed by atoms with van der Waals surface area (Å²) in [4.78, 5) is 4.60. The highest BCUT2D eigenvalue weighted by atomic mass is 15.1. The van der Waals surface area contributed by atoms with E-state index >= 15 is 0 Å². The first-order valence-corrected chi connectivity index (χ1v) is 17.7. The molecule has 10 aromatic rings. The normalized spacial score (nSPS) is 11.9. The van der Waals surface area contributed by atoms with E-state index in [9.17, 15) is 0 Å². The first-order chi connectivity index (χ1) is 25.8. The van der Waals surface area contributed by atoms with E-state index in [2.05, 4.69) is 184 Å².